The van der Waals surface area contributed by atoms with Crippen molar-refractivity contribution in [2.75, 3.05) is 0 Å². The van der Waals surface area contributed by atoms with Crippen molar-refractivity contribution in [3.8, 4) is 61.8 Å². The minimum Gasteiger partial charge on any atom is -0.309 e. The van der Waals surface area contributed by atoms with Crippen molar-refractivity contribution >= 4 is 21.8 Å². The molecule has 0 fully saturated rings. The van der Waals surface area contributed by atoms with Gasteiger partial charge < -0.3 is 4.57 Å². The third-order valence-electron chi connectivity index (χ3n) is 10.9. The number of benzene rings is 7. The molecule has 246 valence electrons. The Morgan fingerprint density at radius 1 is 0.404 bits per heavy atom. The molecule has 2 aromatic heterocycles. The highest BCUT2D eigenvalue weighted by Crippen LogP contribution is 2.49. The molecule has 0 bridgehead atoms. The summed E-state index contributed by atoms with van der Waals surface area (Å²) in [4.78, 5) is 10.2. The fourth-order valence-corrected chi connectivity index (χ4v) is 8.16. The first-order valence-corrected chi connectivity index (χ1v) is 17.9. The van der Waals surface area contributed by atoms with Gasteiger partial charge in [-0.25, -0.2) is 9.97 Å². The molecule has 52 heavy (non-hydrogen) atoms. The summed E-state index contributed by atoms with van der Waals surface area (Å²) in [5.41, 5.74) is 16.2. The summed E-state index contributed by atoms with van der Waals surface area (Å²) in [6, 6.07) is 62.9. The topological polar surface area (TPSA) is 30.7 Å². The second-order valence-corrected chi connectivity index (χ2v) is 14.3. The van der Waals surface area contributed by atoms with E-state index in [0.29, 0.717) is 5.82 Å². The minimum absolute atomic E-state index is 0.0330. The van der Waals surface area contributed by atoms with Crippen molar-refractivity contribution < 1.29 is 0 Å². The molecule has 1 aliphatic rings. The van der Waals surface area contributed by atoms with E-state index in [4.69, 9.17) is 9.97 Å². The molecular formula is C49H35N3. The third kappa shape index (κ3) is 4.81. The summed E-state index contributed by atoms with van der Waals surface area (Å²) in [5.74, 6) is 0.712. The third-order valence-corrected chi connectivity index (χ3v) is 10.9. The Morgan fingerprint density at radius 2 is 0.923 bits per heavy atom. The van der Waals surface area contributed by atoms with E-state index in [1.54, 1.807) is 0 Å². The summed E-state index contributed by atoms with van der Waals surface area (Å²) in [7, 11) is 0. The van der Waals surface area contributed by atoms with E-state index in [1.807, 2.05) is 18.2 Å². The molecule has 0 atom stereocenters. The molecule has 0 aliphatic heterocycles. The lowest BCUT2D eigenvalue weighted by Crippen LogP contribution is -2.14. The monoisotopic (exact) mass is 665 g/mol. The fraction of sp³-hybridized carbons (Fsp3) is 0.0612. The van der Waals surface area contributed by atoms with E-state index in [2.05, 4.69) is 176 Å². The van der Waals surface area contributed by atoms with Crippen molar-refractivity contribution in [1.82, 2.24) is 14.5 Å². The van der Waals surface area contributed by atoms with Crippen LogP contribution in [0.3, 0.4) is 0 Å². The van der Waals surface area contributed by atoms with Crippen molar-refractivity contribution in [3.63, 3.8) is 0 Å². The Morgan fingerprint density at radius 3 is 1.60 bits per heavy atom. The molecule has 7 aromatic carbocycles. The van der Waals surface area contributed by atoms with Crippen LogP contribution in [0.4, 0.5) is 0 Å². The number of para-hydroxylation sites is 2. The van der Waals surface area contributed by atoms with E-state index in [9.17, 15) is 0 Å². The van der Waals surface area contributed by atoms with Gasteiger partial charge in [-0.2, -0.15) is 0 Å². The number of nitrogens with zero attached hydrogens (tertiary/aromatic N) is 3. The normalized spacial score (nSPS) is 13.0. The molecule has 3 nitrogen and oxygen atoms in total. The predicted octanol–water partition coefficient (Wildman–Crippen LogP) is 12.5. The van der Waals surface area contributed by atoms with Gasteiger partial charge in [0, 0.05) is 38.6 Å². The molecule has 0 unspecified atom stereocenters. The van der Waals surface area contributed by atoms with Crippen LogP contribution in [-0.2, 0) is 5.41 Å². The first kappa shape index (κ1) is 30.3. The van der Waals surface area contributed by atoms with E-state index in [0.717, 1.165) is 33.8 Å². The number of hydrogen-bond acceptors (Lipinski definition) is 2. The highest BCUT2D eigenvalue weighted by molar-refractivity contribution is 6.09. The quantitative estimate of drug-likeness (QED) is 0.183. The summed E-state index contributed by atoms with van der Waals surface area (Å²) in [6.07, 6.45) is 0. The average molecular weight is 666 g/mol. The number of rotatable bonds is 5. The van der Waals surface area contributed by atoms with Crippen molar-refractivity contribution in [3.05, 3.63) is 187 Å². The molecular weight excluding hydrogens is 631 g/mol. The van der Waals surface area contributed by atoms with Crippen LogP contribution in [0.2, 0.25) is 0 Å². The van der Waals surface area contributed by atoms with Gasteiger partial charge in [-0.15, -0.1) is 0 Å². The number of hydrogen-bond donors (Lipinski definition) is 0. The van der Waals surface area contributed by atoms with Crippen LogP contribution in [0.15, 0.2) is 176 Å². The van der Waals surface area contributed by atoms with Crippen LogP contribution in [-0.4, -0.2) is 14.5 Å². The maximum atomic E-state index is 5.10. The van der Waals surface area contributed by atoms with Gasteiger partial charge in [0.1, 0.15) is 0 Å². The molecule has 2 heterocycles. The zero-order chi connectivity index (χ0) is 34.8. The summed E-state index contributed by atoms with van der Waals surface area (Å²) in [6.45, 7) is 4.67. The summed E-state index contributed by atoms with van der Waals surface area (Å²) >= 11 is 0. The van der Waals surface area contributed by atoms with E-state index in [-0.39, 0.29) is 5.41 Å². The van der Waals surface area contributed by atoms with Gasteiger partial charge in [0.15, 0.2) is 5.82 Å². The number of fused-ring (bicyclic) bond motifs is 6. The van der Waals surface area contributed by atoms with Gasteiger partial charge in [-0.05, 0) is 69.8 Å². The zero-order valence-electron chi connectivity index (χ0n) is 29.1. The second-order valence-electron chi connectivity index (χ2n) is 14.3. The highest BCUT2D eigenvalue weighted by Gasteiger charge is 2.35. The standard InChI is InChI=1S/C49H35N3/c1-49(2)42-17-9-6-14-38(42)39-29-26-36(30-43(39)49)32-20-22-33(23-21-32)44-31-45(51-48(50-44)35-12-4-3-5-13-35)34-24-27-37(28-25-34)52-46-18-10-7-15-40(46)41-16-8-11-19-47(41)52/h3-31H,1-2H3. The first-order chi connectivity index (χ1) is 25.5. The maximum absolute atomic E-state index is 5.10. The van der Waals surface area contributed by atoms with Gasteiger partial charge in [0.05, 0.1) is 22.4 Å². The largest absolute Gasteiger partial charge is 0.309 e. The molecule has 0 radical (unpaired) electrons. The molecule has 0 spiro atoms. The van der Waals surface area contributed by atoms with Gasteiger partial charge in [-0.1, -0.05) is 153 Å². The van der Waals surface area contributed by atoms with Crippen molar-refractivity contribution in [2.24, 2.45) is 0 Å². The molecule has 9 aromatic rings. The summed E-state index contributed by atoms with van der Waals surface area (Å²) in [5, 5.41) is 2.51. The molecule has 0 N–H and O–H groups in total. The van der Waals surface area contributed by atoms with E-state index < -0.39 is 0 Å². The van der Waals surface area contributed by atoms with Crippen LogP contribution in [0, 0.1) is 0 Å². The Balaban J connectivity index is 1.02. The first-order valence-electron chi connectivity index (χ1n) is 17.9. The van der Waals surface area contributed by atoms with Crippen molar-refractivity contribution in [2.45, 2.75) is 19.3 Å². The Hall–Kier alpha value is -6.58. The van der Waals surface area contributed by atoms with Crippen molar-refractivity contribution in [1.29, 1.82) is 0 Å². The SMILES string of the molecule is CC1(C)c2ccccc2-c2ccc(-c3ccc(-c4cc(-c5ccc(-n6c7ccccc7c7ccccc76)cc5)nc(-c5ccccc5)n4)cc3)cc21. The average Bonchev–Trinajstić information content (AvgIpc) is 3.66. The Labute approximate surface area is 303 Å². The molecule has 0 saturated heterocycles. The van der Waals surface area contributed by atoms with Crippen LogP contribution in [0.25, 0.3) is 83.6 Å². The van der Waals surface area contributed by atoms with Crippen LogP contribution in [0.1, 0.15) is 25.0 Å². The molecule has 3 heteroatoms. The number of aromatic nitrogens is 3. The molecule has 0 amide bonds. The zero-order valence-corrected chi connectivity index (χ0v) is 29.1. The van der Waals surface area contributed by atoms with Crippen LogP contribution >= 0.6 is 0 Å². The van der Waals surface area contributed by atoms with Gasteiger partial charge in [0.2, 0.25) is 0 Å². The second kappa shape index (κ2) is 11.8. The van der Waals surface area contributed by atoms with Crippen LogP contribution < -0.4 is 0 Å². The molecule has 10 rings (SSSR count). The van der Waals surface area contributed by atoms with Crippen LogP contribution in [0.5, 0.6) is 0 Å². The maximum Gasteiger partial charge on any atom is 0.160 e. The lowest BCUT2D eigenvalue weighted by Gasteiger charge is -2.22. The van der Waals surface area contributed by atoms with E-state index in [1.165, 1.54) is 55.2 Å². The van der Waals surface area contributed by atoms with Gasteiger partial charge >= 0.3 is 0 Å². The Kier molecular flexibility index (Phi) is 6.84. The Bertz CT molecular complexity index is 2740. The fourth-order valence-electron chi connectivity index (χ4n) is 8.16. The smallest absolute Gasteiger partial charge is 0.160 e. The van der Waals surface area contributed by atoms with Gasteiger partial charge in [-0.3, -0.25) is 0 Å². The molecule has 0 saturated carbocycles. The highest BCUT2D eigenvalue weighted by atomic mass is 15.0. The minimum atomic E-state index is -0.0330. The van der Waals surface area contributed by atoms with Gasteiger partial charge in [0.25, 0.3) is 0 Å². The van der Waals surface area contributed by atoms with E-state index >= 15 is 0 Å². The lowest BCUT2D eigenvalue weighted by molar-refractivity contribution is 0.660. The lowest BCUT2D eigenvalue weighted by atomic mass is 9.81. The predicted molar refractivity (Wildman–Crippen MR) is 216 cm³/mol. The summed E-state index contributed by atoms with van der Waals surface area (Å²) < 4.78 is 2.34. The molecule has 1 aliphatic carbocycles.